The van der Waals surface area contributed by atoms with Crippen LogP contribution in [0.2, 0.25) is 0 Å². The Kier molecular flexibility index (Phi) is 3.05. The van der Waals surface area contributed by atoms with Crippen LogP contribution in [0, 0.1) is 0 Å². The summed E-state index contributed by atoms with van der Waals surface area (Å²) in [5.74, 6) is 0. The van der Waals surface area contributed by atoms with Gasteiger partial charge < -0.3 is 0 Å². The number of aromatic amines is 1. The fourth-order valence-corrected chi connectivity index (χ4v) is 3.05. The first kappa shape index (κ1) is 11.7. The zero-order valence-corrected chi connectivity index (χ0v) is 11.2. The third-order valence-electron chi connectivity index (χ3n) is 3.51. The van der Waals surface area contributed by atoms with Gasteiger partial charge in [-0.2, -0.15) is 0 Å². The molecule has 0 spiro atoms. The summed E-state index contributed by atoms with van der Waals surface area (Å²) >= 11 is 1.71. The lowest BCUT2D eigenvalue weighted by Gasteiger charge is -2.26. The van der Waals surface area contributed by atoms with Gasteiger partial charge in [-0.15, -0.1) is 11.3 Å². The molecular formula is C12H16N4OS. The number of nitrogens with zero attached hydrogens (tertiary/aromatic N) is 3. The van der Waals surface area contributed by atoms with Crippen molar-refractivity contribution in [3.63, 3.8) is 0 Å². The van der Waals surface area contributed by atoms with E-state index >= 15 is 0 Å². The van der Waals surface area contributed by atoms with Gasteiger partial charge >= 0.3 is 0 Å². The summed E-state index contributed by atoms with van der Waals surface area (Å²) < 4.78 is 1.86. The highest BCUT2D eigenvalue weighted by Gasteiger charge is 2.21. The maximum absolute atomic E-state index is 11.6. The largest absolute Gasteiger partial charge is 0.297 e. The average Bonchev–Trinajstić information content (AvgIpc) is 2.97. The molecule has 6 heteroatoms. The number of hydrogen-bond donors (Lipinski definition) is 1. The van der Waals surface area contributed by atoms with E-state index in [1.807, 2.05) is 23.4 Å². The van der Waals surface area contributed by atoms with E-state index in [-0.39, 0.29) is 5.56 Å². The van der Waals surface area contributed by atoms with Gasteiger partial charge in [0.15, 0.2) is 0 Å². The molecule has 3 heterocycles. The van der Waals surface area contributed by atoms with E-state index in [1.165, 1.54) is 4.88 Å². The SMILES string of the molecule is Cn1[nH]c(=O)c2c1CN(CCc1cncs1)CC2. The first-order valence-corrected chi connectivity index (χ1v) is 6.98. The van der Waals surface area contributed by atoms with Crippen molar-refractivity contribution in [3.8, 4) is 0 Å². The molecule has 96 valence electrons. The molecule has 0 saturated carbocycles. The Labute approximate surface area is 109 Å². The minimum absolute atomic E-state index is 0.0783. The van der Waals surface area contributed by atoms with Gasteiger partial charge in [-0.1, -0.05) is 0 Å². The second kappa shape index (κ2) is 4.70. The standard InChI is InChI=1S/C12H16N4OS/c1-15-11-7-16(4-2-9-6-13-8-18-9)5-3-10(11)12(17)14-15/h6,8H,2-5,7H2,1H3,(H,14,17). The van der Waals surface area contributed by atoms with Gasteiger partial charge in [0, 0.05) is 43.3 Å². The Morgan fingerprint density at radius 2 is 2.44 bits per heavy atom. The van der Waals surface area contributed by atoms with Gasteiger partial charge in [-0.3, -0.25) is 24.5 Å². The van der Waals surface area contributed by atoms with Gasteiger partial charge in [0.05, 0.1) is 11.2 Å². The molecule has 0 atom stereocenters. The quantitative estimate of drug-likeness (QED) is 0.891. The van der Waals surface area contributed by atoms with Crippen molar-refractivity contribution in [1.82, 2.24) is 19.7 Å². The van der Waals surface area contributed by atoms with Crippen molar-refractivity contribution in [1.29, 1.82) is 0 Å². The molecule has 0 unspecified atom stereocenters. The number of thiazole rings is 1. The lowest BCUT2D eigenvalue weighted by Crippen LogP contribution is -2.33. The van der Waals surface area contributed by atoms with Crippen LogP contribution in [-0.4, -0.2) is 32.8 Å². The minimum Gasteiger partial charge on any atom is -0.297 e. The Morgan fingerprint density at radius 3 is 3.22 bits per heavy atom. The Morgan fingerprint density at radius 1 is 1.56 bits per heavy atom. The predicted octanol–water partition coefficient (Wildman–Crippen LogP) is 0.771. The highest BCUT2D eigenvalue weighted by atomic mass is 32.1. The second-order valence-corrected chi connectivity index (χ2v) is 5.64. The zero-order chi connectivity index (χ0) is 12.5. The summed E-state index contributed by atoms with van der Waals surface area (Å²) in [6, 6.07) is 0. The average molecular weight is 264 g/mol. The van der Waals surface area contributed by atoms with Crippen LogP contribution in [-0.2, 0) is 26.4 Å². The van der Waals surface area contributed by atoms with Crippen molar-refractivity contribution in [2.45, 2.75) is 19.4 Å². The fourth-order valence-electron chi connectivity index (χ4n) is 2.47. The fraction of sp³-hybridized carbons (Fsp3) is 0.500. The zero-order valence-electron chi connectivity index (χ0n) is 10.3. The molecule has 0 amide bonds. The second-order valence-electron chi connectivity index (χ2n) is 4.67. The van der Waals surface area contributed by atoms with Gasteiger partial charge in [0.25, 0.3) is 5.56 Å². The summed E-state index contributed by atoms with van der Waals surface area (Å²) in [4.78, 5) is 19.4. The van der Waals surface area contributed by atoms with Crippen LogP contribution < -0.4 is 5.56 Å². The van der Waals surface area contributed by atoms with Crippen LogP contribution >= 0.6 is 11.3 Å². The van der Waals surface area contributed by atoms with E-state index in [2.05, 4.69) is 15.0 Å². The first-order chi connectivity index (χ1) is 8.74. The summed E-state index contributed by atoms with van der Waals surface area (Å²) in [7, 11) is 1.91. The molecule has 0 bridgehead atoms. The minimum atomic E-state index is 0.0783. The number of fused-ring (bicyclic) bond motifs is 1. The van der Waals surface area contributed by atoms with E-state index in [1.54, 1.807) is 11.3 Å². The molecule has 0 aromatic carbocycles. The van der Waals surface area contributed by atoms with Crippen LogP contribution in [0.1, 0.15) is 16.1 Å². The normalized spacial score (nSPS) is 15.8. The van der Waals surface area contributed by atoms with Crippen molar-refractivity contribution in [2.24, 2.45) is 7.05 Å². The molecule has 0 radical (unpaired) electrons. The molecule has 0 fully saturated rings. The van der Waals surface area contributed by atoms with E-state index in [4.69, 9.17) is 0 Å². The molecule has 2 aromatic rings. The molecule has 1 N–H and O–H groups in total. The number of nitrogens with one attached hydrogen (secondary N) is 1. The van der Waals surface area contributed by atoms with Crippen LogP contribution in [0.5, 0.6) is 0 Å². The molecular weight excluding hydrogens is 248 g/mol. The number of H-pyrrole nitrogens is 1. The highest BCUT2D eigenvalue weighted by Crippen LogP contribution is 2.16. The topological polar surface area (TPSA) is 53.9 Å². The molecule has 0 aliphatic carbocycles. The van der Waals surface area contributed by atoms with Crippen LogP contribution in [0.4, 0.5) is 0 Å². The molecule has 2 aromatic heterocycles. The summed E-state index contributed by atoms with van der Waals surface area (Å²) in [6.07, 6.45) is 3.83. The lowest BCUT2D eigenvalue weighted by molar-refractivity contribution is 0.250. The molecule has 3 rings (SSSR count). The molecule has 5 nitrogen and oxygen atoms in total. The van der Waals surface area contributed by atoms with Gasteiger partial charge in [0.1, 0.15) is 0 Å². The Balaban J connectivity index is 1.67. The van der Waals surface area contributed by atoms with E-state index in [9.17, 15) is 4.79 Å². The Bertz CT molecular complexity index is 584. The number of hydrogen-bond acceptors (Lipinski definition) is 4. The maximum atomic E-state index is 11.6. The lowest BCUT2D eigenvalue weighted by atomic mass is 10.1. The smallest absolute Gasteiger partial charge is 0.267 e. The van der Waals surface area contributed by atoms with Crippen molar-refractivity contribution < 1.29 is 0 Å². The summed E-state index contributed by atoms with van der Waals surface area (Å²) in [6.45, 7) is 2.86. The van der Waals surface area contributed by atoms with E-state index in [0.717, 1.165) is 43.7 Å². The monoisotopic (exact) mass is 264 g/mol. The van der Waals surface area contributed by atoms with Crippen LogP contribution in [0.3, 0.4) is 0 Å². The van der Waals surface area contributed by atoms with E-state index in [0.29, 0.717) is 0 Å². The van der Waals surface area contributed by atoms with Crippen molar-refractivity contribution in [2.75, 3.05) is 13.1 Å². The highest BCUT2D eigenvalue weighted by molar-refractivity contribution is 7.09. The van der Waals surface area contributed by atoms with E-state index < -0.39 is 0 Å². The number of aryl methyl sites for hydroxylation is 1. The molecule has 1 aliphatic rings. The summed E-state index contributed by atoms with van der Waals surface area (Å²) in [5.41, 5.74) is 4.05. The predicted molar refractivity (Wildman–Crippen MR) is 70.8 cm³/mol. The molecule has 18 heavy (non-hydrogen) atoms. The van der Waals surface area contributed by atoms with Crippen LogP contribution in [0.25, 0.3) is 0 Å². The van der Waals surface area contributed by atoms with Crippen molar-refractivity contribution in [3.05, 3.63) is 38.2 Å². The number of aromatic nitrogens is 3. The number of rotatable bonds is 3. The summed E-state index contributed by atoms with van der Waals surface area (Å²) in [5, 5.41) is 2.83. The molecule has 1 aliphatic heterocycles. The third-order valence-corrected chi connectivity index (χ3v) is 4.35. The van der Waals surface area contributed by atoms with Crippen molar-refractivity contribution >= 4 is 11.3 Å². The van der Waals surface area contributed by atoms with Gasteiger partial charge in [0.2, 0.25) is 0 Å². The maximum Gasteiger partial charge on any atom is 0.267 e. The van der Waals surface area contributed by atoms with Gasteiger partial charge in [-0.05, 0) is 12.8 Å². The van der Waals surface area contributed by atoms with Crippen LogP contribution in [0.15, 0.2) is 16.5 Å². The Hall–Kier alpha value is -1.40. The molecule has 0 saturated heterocycles. The van der Waals surface area contributed by atoms with Gasteiger partial charge in [-0.25, -0.2) is 0 Å². The third kappa shape index (κ3) is 2.13. The first-order valence-electron chi connectivity index (χ1n) is 6.10.